The van der Waals surface area contributed by atoms with Gasteiger partial charge in [-0.2, -0.15) is 0 Å². The maximum absolute atomic E-state index is 7.25. The second-order valence-corrected chi connectivity index (χ2v) is 2.77. The summed E-state index contributed by atoms with van der Waals surface area (Å²) in [5.74, 6) is 0. The molecule has 0 aliphatic heterocycles. The molecular formula is C9H21O2-. The van der Waals surface area contributed by atoms with Crippen molar-refractivity contribution in [1.82, 2.24) is 0 Å². The SMILES string of the molecule is CCCCCCCCC.[O-]O. The minimum atomic E-state index is 1.37. The van der Waals surface area contributed by atoms with Crippen LogP contribution in [0.1, 0.15) is 58.8 Å². The molecule has 0 amide bonds. The van der Waals surface area contributed by atoms with E-state index in [2.05, 4.69) is 13.8 Å². The molecule has 0 aromatic heterocycles. The molecule has 0 saturated heterocycles. The standard InChI is InChI=1S/C9H20.H2O2/c1-3-5-7-9-8-6-4-2;1-2/h3-9H2,1-2H3;1-2H/p-1. The average molecular weight is 161 g/mol. The van der Waals surface area contributed by atoms with Gasteiger partial charge in [-0.1, -0.05) is 58.8 Å². The summed E-state index contributed by atoms with van der Waals surface area (Å²) >= 11 is 0. The van der Waals surface area contributed by atoms with Crippen molar-refractivity contribution < 1.29 is 10.5 Å². The highest BCUT2D eigenvalue weighted by Crippen LogP contribution is 2.05. The first-order chi connectivity index (χ1) is 5.41. The number of hydrogen-bond acceptors (Lipinski definition) is 2. The Labute approximate surface area is 70.2 Å². The van der Waals surface area contributed by atoms with E-state index in [-0.39, 0.29) is 0 Å². The molecule has 0 radical (unpaired) electrons. The van der Waals surface area contributed by atoms with Gasteiger partial charge in [-0.15, -0.1) is 0 Å². The average Bonchev–Trinajstić information content (AvgIpc) is 2.08. The highest BCUT2D eigenvalue weighted by Gasteiger charge is 1.85. The summed E-state index contributed by atoms with van der Waals surface area (Å²) in [4.78, 5) is 0. The molecule has 70 valence electrons. The molecular weight excluding hydrogens is 140 g/mol. The van der Waals surface area contributed by atoms with Crippen molar-refractivity contribution in [1.29, 1.82) is 0 Å². The molecule has 0 unspecified atom stereocenters. The fourth-order valence-electron chi connectivity index (χ4n) is 1.03. The van der Waals surface area contributed by atoms with Crippen LogP contribution < -0.4 is 5.26 Å². The van der Waals surface area contributed by atoms with Crippen molar-refractivity contribution >= 4 is 0 Å². The van der Waals surface area contributed by atoms with Gasteiger partial charge in [0.1, 0.15) is 0 Å². The second kappa shape index (κ2) is 16.5. The van der Waals surface area contributed by atoms with Crippen LogP contribution in [-0.2, 0) is 0 Å². The van der Waals surface area contributed by atoms with Crippen LogP contribution in [0, 0.1) is 0 Å². The lowest BCUT2D eigenvalue weighted by atomic mass is 10.1. The van der Waals surface area contributed by atoms with E-state index in [1.165, 1.54) is 44.9 Å². The van der Waals surface area contributed by atoms with Crippen molar-refractivity contribution in [3.8, 4) is 0 Å². The lowest BCUT2D eigenvalue weighted by Crippen LogP contribution is -1.84. The Morgan fingerprint density at radius 2 is 1.00 bits per heavy atom. The smallest absolute Gasteiger partial charge is 0.0533 e. The third-order valence-corrected chi connectivity index (χ3v) is 1.71. The normalized spacial score (nSPS) is 8.73. The molecule has 0 fully saturated rings. The van der Waals surface area contributed by atoms with Crippen molar-refractivity contribution in [3.05, 3.63) is 0 Å². The van der Waals surface area contributed by atoms with E-state index >= 15 is 0 Å². The molecule has 0 aliphatic carbocycles. The van der Waals surface area contributed by atoms with E-state index in [0.717, 1.165) is 0 Å². The molecule has 0 bridgehead atoms. The van der Waals surface area contributed by atoms with E-state index in [4.69, 9.17) is 10.5 Å². The molecule has 0 aromatic carbocycles. The number of rotatable bonds is 6. The van der Waals surface area contributed by atoms with Crippen LogP contribution in [-0.4, -0.2) is 5.26 Å². The molecule has 2 heteroatoms. The summed E-state index contributed by atoms with van der Waals surface area (Å²) in [6, 6.07) is 0. The van der Waals surface area contributed by atoms with Gasteiger partial charge in [0.05, 0.1) is 0 Å². The number of hydrogen-bond donors (Lipinski definition) is 1. The first-order valence-electron chi connectivity index (χ1n) is 4.60. The van der Waals surface area contributed by atoms with E-state index in [1.54, 1.807) is 0 Å². The zero-order valence-electron chi connectivity index (χ0n) is 7.81. The predicted molar refractivity (Wildman–Crippen MR) is 46.3 cm³/mol. The van der Waals surface area contributed by atoms with Gasteiger partial charge in [-0.25, -0.2) is 0 Å². The van der Waals surface area contributed by atoms with Crippen LogP contribution in [0.25, 0.3) is 0 Å². The number of unbranched alkanes of at least 4 members (excludes halogenated alkanes) is 6. The van der Waals surface area contributed by atoms with Gasteiger partial charge in [-0.3, -0.25) is 0 Å². The van der Waals surface area contributed by atoms with Crippen LogP contribution in [0.2, 0.25) is 0 Å². The van der Waals surface area contributed by atoms with Gasteiger partial charge in [0.25, 0.3) is 0 Å². The van der Waals surface area contributed by atoms with Crippen molar-refractivity contribution in [2.45, 2.75) is 58.8 Å². The lowest BCUT2D eigenvalue weighted by Gasteiger charge is -1.96. The third-order valence-electron chi connectivity index (χ3n) is 1.71. The van der Waals surface area contributed by atoms with Crippen molar-refractivity contribution in [2.24, 2.45) is 0 Å². The van der Waals surface area contributed by atoms with Gasteiger partial charge >= 0.3 is 0 Å². The molecule has 0 aliphatic rings. The summed E-state index contributed by atoms with van der Waals surface area (Å²) in [7, 11) is 0. The van der Waals surface area contributed by atoms with Crippen molar-refractivity contribution in [2.75, 3.05) is 0 Å². The maximum atomic E-state index is 7.25. The lowest BCUT2D eigenvalue weighted by molar-refractivity contribution is -0.670. The minimum Gasteiger partial charge on any atom is -0.727 e. The van der Waals surface area contributed by atoms with Crippen LogP contribution in [0.4, 0.5) is 0 Å². The zero-order valence-corrected chi connectivity index (χ0v) is 7.81. The van der Waals surface area contributed by atoms with Gasteiger partial charge in [0.15, 0.2) is 0 Å². The van der Waals surface area contributed by atoms with E-state index < -0.39 is 0 Å². The first kappa shape index (κ1) is 13.5. The molecule has 0 spiro atoms. The molecule has 0 aromatic rings. The minimum absolute atomic E-state index is 1.37. The van der Waals surface area contributed by atoms with Crippen molar-refractivity contribution in [3.63, 3.8) is 0 Å². The molecule has 2 nitrogen and oxygen atoms in total. The highest BCUT2D eigenvalue weighted by molar-refractivity contribution is 4.41. The second-order valence-electron chi connectivity index (χ2n) is 2.77. The van der Waals surface area contributed by atoms with Gasteiger partial charge < -0.3 is 10.5 Å². The summed E-state index contributed by atoms with van der Waals surface area (Å²) in [6.45, 7) is 4.53. The van der Waals surface area contributed by atoms with E-state index in [1.807, 2.05) is 0 Å². The Bertz CT molecular complexity index is 40.8. The molecule has 1 N–H and O–H groups in total. The van der Waals surface area contributed by atoms with Crippen LogP contribution in [0.15, 0.2) is 0 Å². The quantitative estimate of drug-likeness (QED) is 0.369. The molecule has 0 saturated carbocycles. The molecule has 0 heterocycles. The molecule has 0 atom stereocenters. The Morgan fingerprint density at radius 3 is 1.27 bits per heavy atom. The predicted octanol–water partition coefficient (Wildman–Crippen LogP) is 2.58. The summed E-state index contributed by atoms with van der Waals surface area (Å²) in [5, 5.41) is 13.0. The van der Waals surface area contributed by atoms with Crippen LogP contribution in [0.5, 0.6) is 0 Å². The highest BCUT2D eigenvalue weighted by atomic mass is 17.0. The molecule has 0 rings (SSSR count). The van der Waals surface area contributed by atoms with Gasteiger partial charge in [-0.05, 0) is 0 Å². The Hall–Kier alpha value is -0.0800. The zero-order chi connectivity index (χ0) is 8.95. The van der Waals surface area contributed by atoms with Crippen LogP contribution in [0.3, 0.4) is 0 Å². The fraction of sp³-hybridized carbons (Fsp3) is 1.00. The van der Waals surface area contributed by atoms with Gasteiger partial charge in [0, 0.05) is 0 Å². The third kappa shape index (κ3) is 17.8. The Balaban J connectivity index is 0. The largest absolute Gasteiger partial charge is 0.727 e. The fourth-order valence-corrected chi connectivity index (χ4v) is 1.03. The molecule has 11 heavy (non-hydrogen) atoms. The Morgan fingerprint density at radius 1 is 0.727 bits per heavy atom. The summed E-state index contributed by atoms with van der Waals surface area (Å²) in [5.41, 5.74) is 0. The summed E-state index contributed by atoms with van der Waals surface area (Å²) in [6.07, 6.45) is 9.97. The van der Waals surface area contributed by atoms with E-state index in [0.29, 0.717) is 0 Å². The van der Waals surface area contributed by atoms with Crippen LogP contribution >= 0.6 is 0 Å². The monoisotopic (exact) mass is 161 g/mol. The first-order valence-corrected chi connectivity index (χ1v) is 4.60. The maximum Gasteiger partial charge on any atom is -0.0533 e. The van der Waals surface area contributed by atoms with E-state index in [9.17, 15) is 0 Å². The Kier molecular flexibility index (Phi) is 20.2. The summed E-state index contributed by atoms with van der Waals surface area (Å²) < 4.78 is 0. The topological polar surface area (TPSA) is 43.3 Å². The van der Waals surface area contributed by atoms with Gasteiger partial charge in [0.2, 0.25) is 0 Å².